The first kappa shape index (κ1) is 15.3. The van der Waals surface area contributed by atoms with Crippen molar-refractivity contribution in [1.29, 1.82) is 0 Å². The van der Waals surface area contributed by atoms with E-state index in [9.17, 15) is 19.2 Å². The van der Waals surface area contributed by atoms with Crippen molar-refractivity contribution in [2.75, 3.05) is 6.54 Å². The second-order valence-electron chi connectivity index (χ2n) is 4.84. The highest BCUT2D eigenvalue weighted by atomic mass is 16.7. The molecule has 0 saturated heterocycles. The van der Waals surface area contributed by atoms with Crippen LogP contribution in [-0.2, 0) is 9.63 Å². The number of rotatable bonds is 4. The van der Waals surface area contributed by atoms with Gasteiger partial charge in [0.2, 0.25) is 0 Å². The Morgan fingerprint density at radius 3 is 2.29 bits per heavy atom. The minimum absolute atomic E-state index is 0.162. The second kappa shape index (κ2) is 6.29. The minimum Gasteiger partial charge on any atom is -0.341 e. The van der Waals surface area contributed by atoms with Crippen LogP contribution < -0.4 is 5.32 Å². The fourth-order valence-corrected chi connectivity index (χ4v) is 2.14. The molecular formula is C16H11N3O5. The van der Waals surface area contributed by atoms with Gasteiger partial charge in [0.05, 0.1) is 16.7 Å². The van der Waals surface area contributed by atoms with Gasteiger partial charge in [-0.1, -0.05) is 17.2 Å². The lowest BCUT2D eigenvalue weighted by Gasteiger charge is -2.12. The number of pyridine rings is 1. The van der Waals surface area contributed by atoms with Crippen molar-refractivity contribution in [3.05, 3.63) is 65.5 Å². The van der Waals surface area contributed by atoms with E-state index in [0.717, 1.165) is 0 Å². The largest absolute Gasteiger partial charge is 0.352 e. The number of carbonyl (C=O) groups excluding carboxylic acids is 4. The summed E-state index contributed by atoms with van der Waals surface area (Å²) in [5.74, 6) is -2.91. The van der Waals surface area contributed by atoms with Crippen molar-refractivity contribution in [3.8, 4) is 0 Å². The number of nitrogens with one attached hydrogen (secondary N) is 1. The number of aromatic nitrogens is 1. The molecule has 0 aliphatic carbocycles. The number of nitrogens with zero attached hydrogens (tertiary/aromatic N) is 2. The third-order valence-electron chi connectivity index (χ3n) is 3.27. The molecule has 8 heteroatoms. The highest BCUT2D eigenvalue weighted by Crippen LogP contribution is 2.22. The Bertz CT molecular complexity index is 800. The highest BCUT2D eigenvalue weighted by molar-refractivity contribution is 6.20. The molecule has 1 aliphatic rings. The van der Waals surface area contributed by atoms with E-state index in [2.05, 4.69) is 10.3 Å². The molecule has 8 nitrogen and oxygen atoms in total. The number of hydroxylamine groups is 2. The first-order valence-electron chi connectivity index (χ1n) is 6.95. The maximum absolute atomic E-state index is 12.0. The zero-order valence-electron chi connectivity index (χ0n) is 12.3. The number of hydrogen-bond donors (Lipinski definition) is 1. The van der Waals surface area contributed by atoms with E-state index in [0.29, 0.717) is 5.06 Å². The molecular weight excluding hydrogens is 314 g/mol. The zero-order chi connectivity index (χ0) is 17.1. The van der Waals surface area contributed by atoms with Gasteiger partial charge in [0.25, 0.3) is 17.7 Å². The van der Waals surface area contributed by atoms with Crippen LogP contribution in [0.5, 0.6) is 0 Å². The van der Waals surface area contributed by atoms with Crippen LogP contribution in [0.2, 0.25) is 0 Å². The predicted molar refractivity (Wildman–Crippen MR) is 79.6 cm³/mol. The van der Waals surface area contributed by atoms with Crippen molar-refractivity contribution in [3.63, 3.8) is 0 Å². The normalized spacial score (nSPS) is 12.8. The van der Waals surface area contributed by atoms with Crippen LogP contribution >= 0.6 is 0 Å². The van der Waals surface area contributed by atoms with Crippen LogP contribution in [0.4, 0.5) is 0 Å². The van der Waals surface area contributed by atoms with Gasteiger partial charge in [0.1, 0.15) is 6.54 Å². The summed E-state index contributed by atoms with van der Waals surface area (Å²) < 4.78 is 0. The molecule has 0 bridgehead atoms. The smallest absolute Gasteiger partial charge is 0.341 e. The number of imide groups is 1. The van der Waals surface area contributed by atoms with Gasteiger partial charge in [-0.25, -0.2) is 4.79 Å². The van der Waals surface area contributed by atoms with Gasteiger partial charge < -0.3 is 10.2 Å². The van der Waals surface area contributed by atoms with E-state index < -0.39 is 30.2 Å². The molecule has 0 radical (unpaired) electrons. The van der Waals surface area contributed by atoms with Crippen LogP contribution in [0.15, 0.2) is 48.8 Å². The molecule has 0 saturated carbocycles. The number of hydrogen-bond acceptors (Lipinski definition) is 6. The molecule has 1 aromatic heterocycles. The van der Waals surface area contributed by atoms with E-state index in [1.54, 1.807) is 18.2 Å². The van der Waals surface area contributed by atoms with E-state index in [1.165, 1.54) is 30.6 Å². The van der Waals surface area contributed by atoms with Crippen LogP contribution in [-0.4, -0.2) is 40.3 Å². The quantitative estimate of drug-likeness (QED) is 0.824. The molecule has 120 valence electrons. The molecule has 0 atom stereocenters. The summed E-state index contributed by atoms with van der Waals surface area (Å²) in [5, 5.41) is 2.71. The fraction of sp³-hybridized carbons (Fsp3) is 0.0625. The van der Waals surface area contributed by atoms with E-state index in [1.807, 2.05) is 0 Å². The molecule has 3 rings (SSSR count). The average molecular weight is 325 g/mol. The maximum atomic E-state index is 12.0. The third-order valence-corrected chi connectivity index (χ3v) is 3.27. The Hall–Kier alpha value is -3.55. The van der Waals surface area contributed by atoms with Crippen LogP contribution in [0.1, 0.15) is 31.1 Å². The summed E-state index contributed by atoms with van der Waals surface area (Å²) in [6.07, 6.45) is 2.85. The molecule has 24 heavy (non-hydrogen) atoms. The summed E-state index contributed by atoms with van der Waals surface area (Å²) in [4.78, 5) is 56.2. The van der Waals surface area contributed by atoms with Crippen molar-refractivity contribution in [2.24, 2.45) is 0 Å². The lowest BCUT2D eigenvalue weighted by molar-refractivity contribution is -0.167. The third kappa shape index (κ3) is 2.84. The van der Waals surface area contributed by atoms with Gasteiger partial charge in [-0.3, -0.25) is 19.4 Å². The number of benzene rings is 1. The number of carbonyl (C=O) groups is 4. The summed E-state index contributed by atoms with van der Waals surface area (Å²) in [7, 11) is 0. The lowest BCUT2D eigenvalue weighted by Crippen LogP contribution is -2.38. The molecule has 0 unspecified atom stereocenters. The van der Waals surface area contributed by atoms with E-state index >= 15 is 0 Å². The van der Waals surface area contributed by atoms with Crippen LogP contribution in [0.25, 0.3) is 0 Å². The van der Waals surface area contributed by atoms with Crippen molar-refractivity contribution < 1.29 is 24.0 Å². The maximum Gasteiger partial charge on any atom is 0.352 e. The summed E-state index contributed by atoms with van der Waals surface area (Å²) in [5.41, 5.74) is 0.593. The molecule has 1 aliphatic heterocycles. The van der Waals surface area contributed by atoms with Crippen molar-refractivity contribution in [2.45, 2.75) is 0 Å². The second-order valence-corrected chi connectivity index (χ2v) is 4.84. The summed E-state index contributed by atoms with van der Waals surface area (Å²) >= 11 is 0. The van der Waals surface area contributed by atoms with Gasteiger partial charge in [-0.2, -0.15) is 0 Å². The molecule has 1 aromatic carbocycles. The molecule has 1 N–H and O–H groups in total. The van der Waals surface area contributed by atoms with E-state index in [-0.39, 0.29) is 16.7 Å². The summed E-state index contributed by atoms with van der Waals surface area (Å²) in [6.45, 7) is -0.499. The first-order chi connectivity index (χ1) is 11.6. The number of amides is 3. The molecule has 3 amide bonds. The summed E-state index contributed by atoms with van der Waals surface area (Å²) in [6, 6.07) is 9.23. The standard InChI is InChI=1S/C16H11N3O5/c20-13(9-18-14(21)10-4-3-7-17-8-10)24-19-15(22)11-5-1-2-6-12(11)16(19)23/h1-8H,9H2,(H,18,21). The Balaban J connectivity index is 1.59. The lowest BCUT2D eigenvalue weighted by atomic mass is 10.1. The average Bonchev–Trinajstić information content (AvgIpc) is 2.86. The highest BCUT2D eigenvalue weighted by Gasteiger charge is 2.38. The van der Waals surface area contributed by atoms with Crippen molar-refractivity contribution >= 4 is 23.7 Å². The Morgan fingerprint density at radius 2 is 1.71 bits per heavy atom. The topological polar surface area (TPSA) is 106 Å². The van der Waals surface area contributed by atoms with Crippen LogP contribution in [0, 0.1) is 0 Å². The Labute approximate surface area is 136 Å². The minimum atomic E-state index is -0.943. The molecule has 0 fully saturated rings. The van der Waals surface area contributed by atoms with Gasteiger partial charge in [-0.05, 0) is 24.3 Å². The first-order valence-corrected chi connectivity index (χ1v) is 6.95. The van der Waals surface area contributed by atoms with E-state index in [4.69, 9.17) is 4.84 Å². The zero-order valence-corrected chi connectivity index (χ0v) is 12.3. The van der Waals surface area contributed by atoms with Gasteiger partial charge in [0, 0.05) is 12.4 Å². The monoisotopic (exact) mass is 325 g/mol. The fourth-order valence-electron chi connectivity index (χ4n) is 2.14. The van der Waals surface area contributed by atoms with Crippen LogP contribution in [0.3, 0.4) is 0 Å². The molecule has 2 heterocycles. The van der Waals surface area contributed by atoms with Gasteiger partial charge in [-0.15, -0.1) is 0 Å². The van der Waals surface area contributed by atoms with Gasteiger partial charge in [0.15, 0.2) is 0 Å². The Morgan fingerprint density at radius 1 is 1.04 bits per heavy atom. The Kier molecular flexibility index (Phi) is 4.02. The number of fused-ring (bicyclic) bond motifs is 1. The van der Waals surface area contributed by atoms with Gasteiger partial charge >= 0.3 is 5.97 Å². The molecule has 2 aromatic rings. The predicted octanol–water partition coefficient (Wildman–Crippen LogP) is 0.566. The van der Waals surface area contributed by atoms with Crippen molar-refractivity contribution in [1.82, 2.24) is 15.4 Å². The SMILES string of the molecule is O=C(CNC(=O)c1cccnc1)ON1C(=O)c2ccccc2C1=O. The molecule has 0 spiro atoms.